The summed E-state index contributed by atoms with van der Waals surface area (Å²) in [6.45, 7) is 2.21. The molecule has 0 radical (unpaired) electrons. The second-order valence-electron chi connectivity index (χ2n) is 5.58. The molecule has 0 amide bonds. The molecule has 20 heavy (non-hydrogen) atoms. The molecule has 1 aromatic heterocycles. The van der Waals surface area contributed by atoms with Crippen LogP contribution in [0.1, 0.15) is 43.1 Å². The fourth-order valence-electron chi connectivity index (χ4n) is 2.57. The van der Waals surface area contributed by atoms with Crippen molar-refractivity contribution >= 4 is 23.4 Å². The first-order valence-corrected chi connectivity index (χ1v) is 7.12. The van der Waals surface area contributed by atoms with E-state index >= 15 is 0 Å². The summed E-state index contributed by atoms with van der Waals surface area (Å²) < 4.78 is 0. The normalized spacial score (nSPS) is 26.2. The molecule has 1 heterocycles. The molecule has 6 heteroatoms. The molecular formula is C14H19ClN2O3. The van der Waals surface area contributed by atoms with Gasteiger partial charge in [-0.2, -0.15) is 0 Å². The molecule has 1 fully saturated rings. The predicted molar refractivity (Wildman–Crippen MR) is 77.3 cm³/mol. The molecule has 0 aromatic carbocycles. The molecule has 2 rings (SSSR count). The summed E-state index contributed by atoms with van der Waals surface area (Å²) in [6, 6.07) is 3.15. The van der Waals surface area contributed by atoms with Crippen molar-refractivity contribution in [2.24, 2.45) is 5.92 Å². The van der Waals surface area contributed by atoms with E-state index in [9.17, 15) is 9.90 Å². The van der Waals surface area contributed by atoms with Crippen LogP contribution in [-0.4, -0.2) is 33.3 Å². The van der Waals surface area contributed by atoms with Crippen LogP contribution in [0, 0.1) is 5.92 Å². The molecule has 1 saturated carbocycles. The van der Waals surface area contributed by atoms with Crippen molar-refractivity contribution in [3.63, 3.8) is 0 Å². The first-order valence-electron chi connectivity index (χ1n) is 6.75. The Kier molecular flexibility index (Phi) is 4.50. The van der Waals surface area contributed by atoms with Crippen molar-refractivity contribution < 1.29 is 15.0 Å². The summed E-state index contributed by atoms with van der Waals surface area (Å²) in [5.41, 5.74) is -0.586. The Morgan fingerprint density at radius 2 is 2.15 bits per heavy atom. The maximum atomic E-state index is 11.0. The van der Waals surface area contributed by atoms with E-state index in [0.717, 1.165) is 25.7 Å². The highest BCUT2D eigenvalue weighted by atomic mass is 35.5. The quantitative estimate of drug-likeness (QED) is 0.796. The number of aliphatic hydroxyl groups is 1. The molecule has 0 unspecified atom stereocenters. The van der Waals surface area contributed by atoms with Crippen molar-refractivity contribution in [1.82, 2.24) is 4.98 Å². The largest absolute Gasteiger partial charge is 0.476 e. The molecule has 0 saturated heterocycles. The van der Waals surface area contributed by atoms with Crippen LogP contribution in [0.5, 0.6) is 0 Å². The highest BCUT2D eigenvalue weighted by Crippen LogP contribution is 2.34. The first kappa shape index (κ1) is 15.1. The van der Waals surface area contributed by atoms with E-state index in [1.54, 1.807) is 6.07 Å². The summed E-state index contributed by atoms with van der Waals surface area (Å²) in [4.78, 5) is 15.1. The number of pyridine rings is 1. The molecule has 0 aliphatic heterocycles. The number of halogens is 1. The number of hydrogen-bond donors (Lipinski definition) is 3. The highest BCUT2D eigenvalue weighted by Gasteiger charge is 2.34. The van der Waals surface area contributed by atoms with E-state index in [1.807, 2.05) is 0 Å². The van der Waals surface area contributed by atoms with Crippen molar-refractivity contribution in [2.45, 2.75) is 38.1 Å². The van der Waals surface area contributed by atoms with Crippen LogP contribution in [0.3, 0.4) is 0 Å². The SMILES string of the molecule is CC1CCC(CO)(Nc2ccc(Cl)c(C(=O)O)n2)CC1. The number of carboxylic acids is 1. The third-order valence-electron chi connectivity index (χ3n) is 3.98. The zero-order valence-corrected chi connectivity index (χ0v) is 12.2. The minimum atomic E-state index is -1.16. The Balaban J connectivity index is 2.20. The Morgan fingerprint density at radius 3 is 2.70 bits per heavy atom. The molecule has 1 aromatic rings. The van der Waals surface area contributed by atoms with Crippen molar-refractivity contribution in [1.29, 1.82) is 0 Å². The molecule has 0 atom stereocenters. The van der Waals surface area contributed by atoms with Gasteiger partial charge in [-0.25, -0.2) is 9.78 Å². The lowest BCUT2D eigenvalue weighted by Crippen LogP contribution is -2.45. The number of aromatic carboxylic acids is 1. The van der Waals surface area contributed by atoms with Gasteiger partial charge in [-0.15, -0.1) is 0 Å². The lowest BCUT2D eigenvalue weighted by atomic mass is 9.77. The molecular weight excluding hydrogens is 280 g/mol. The maximum absolute atomic E-state index is 11.0. The van der Waals surface area contributed by atoms with Crippen LogP contribution in [0.4, 0.5) is 5.82 Å². The number of hydrogen-bond acceptors (Lipinski definition) is 4. The molecule has 0 spiro atoms. The Morgan fingerprint density at radius 1 is 1.50 bits per heavy atom. The maximum Gasteiger partial charge on any atom is 0.356 e. The van der Waals surface area contributed by atoms with Crippen LogP contribution in [0.15, 0.2) is 12.1 Å². The number of carboxylic acid groups (broad SMARTS) is 1. The summed E-state index contributed by atoms with van der Waals surface area (Å²) >= 11 is 5.80. The minimum absolute atomic E-state index is 0.00638. The molecule has 1 aliphatic carbocycles. The topological polar surface area (TPSA) is 82.5 Å². The van der Waals surface area contributed by atoms with Gasteiger partial charge in [0.2, 0.25) is 0 Å². The number of rotatable bonds is 4. The van der Waals surface area contributed by atoms with Gasteiger partial charge in [-0.1, -0.05) is 18.5 Å². The Bertz CT molecular complexity index is 499. The van der Waals surface area contributed by atoms with E-state index in [4.69, 9.17) is 16.7 Å². The number of anilines is 1. The lowest BCUT2D eigenvalue weighted by Gasteiger charge is -2.39. The van der Waals surface area contributed by atoms with Crippen LogP contribution in [0.2, 0.25) is 5.02 Å². The van der Waals surface area contributed by atoms with Crippen LogP contribution in [0.25, 0.3) is 0 Å². The number of aromatic nitrogens is 1. The van der Waals surface area contributed by atoms with E-state index in [1.165, 1.54) is 6.07 Å². The summed E-state index contributed by atoms with van der Waals surface area (Å²) in [5.74, 6) is -0.0615. The molecule has 3 N–H and O–H groups in total. The first-order chi connectivity index (χ1) is 9.46. The molecule has 5 nitrogen and oxygen atoms in total. The van der Waals surface area contributed by atoms with Crippen molar-refractivity contribution in [2.75, 3.05) is 11.9 Å². The average molecular weight is 299 g/mol. The zero-order chi connectivity index (χ0) is 14.8. The highest BCUT2D eigenvalue weighted by molar-refractivity contribution is 6.33. The Labute approximate surface area is 123 Å². The third kappa shape index (κ3) is 3.22. The van der Waals surface area contributed by atoms with Gasteiger partial charge in [-0.05, 0) is 43.7 Å². The van der Waals surface area contributed by atoms with Gasteiger partial charge < -0.3 is 15.5 Å². The van der Waals surface area contributed by atoms with Crippen LogP contribution < -0.4 is 5.32 Å². The van der Waals surface area contributed by atoms with Gasteiger partial charge in [0.25, 0.3) is 0 Å². The second kappa shape index (κ2) is 5.97. The second-order valence-corrected chi connectivity index (χ2v) is 5.99. The molecule has 1 aliphatic rings. The van der Waals surface area contributed by atoms with Gasteiger partial charge in [-0.3, -0.25) is 0 Å². The van der Waals surface area contributed by atoms with Gasteiger partial charge in [0.1, 0.15) is 5.82 Å². The summed E-state index contributed by atoms with van der Waals surface area (Å²) in [7, 11) is 0. The lowest BCUT2D eigenvalue weighted by molar-refractivity contribution is 0.0691. The standard InChI is InChI=1S/C14H19ClN2O3/c1-9-4-6-14(8-18,7-5-9)17-11-3-2-10(15)12(16-11)13(19)20/h2-3,9,18H,4-8H2,1H3,(H,16,17)(H,19,20). The fourth-order valence-corrected chi connectivity index (χ4v) is 2.76. The third-order valence-corrected chi connectivity index (χ3v) is 4.28. The molecule has 110 valence electrons. The van der Waals surface area contributed by atoms with Gasteiger partial charge in [0, 0.05) is 0 Å². The minimum Gasteiger partial charge on any atom is -0.476 e. The van der Waals surface area contributed by atoms with E-state index < -0.39 is 11.5 Å². The smallest absolute Gasteiger partial charge is 0.356 e. The van der Waals surface area contributed by atoms with Crippen molar-refractivity contribution in [3.05, 3.63) is 22.8 Å². The van der Waals surface area contributed by atoms with Gasteiger partial charge in [0.05, 0.1) is 17.2 Å². The van der Waals surface area contributed by atoms with Crippen molar-refractivity contribution in [3.8, 4) is 0 Å². The monoisotopic (exact) mass is 298 g/mol. The average Bonchev–Trinajstić information content (AvgIpc) is 2.43. The Hall–Kier alpha value is -1.33. The van der Waals surface area contributed by atoms with Crippen LogP contribution >= 0.6 is 11.6 Å². The van der Waals surface area contributed by atoms with Gasteiger partial charge in [0.15, 0.2) is 5.69 Å². The van der Waals surface area contributed by atoms with Gasteiger partial charge >= 0.3 is 5.97 Å². The van der Waals surface area contributed by atoms with E-state index in [0.29, 0.717) is 11.7 Å². The number of carbonyl (C=O) groups is 1. The zero-order valence-electron chi connectivity index (χ0n) is 11.4. The predicted octanol–water partition coefficient (Wildman–Crippen LogP) is 2.79. The number of nitrogens with one attached hydrogen (secondary N) is 1. The van der Waals surface area contributed by atoms with Crippen LogP contribution in [-0.2, 0) is 0 Å². The fraction of sp³-hybridized carbons (Fsp3) is 0.571. The van der Waals surface area contributed by atoms with E-state index in [-0.39, 0.29) is 17.3 Å². The van der Waals surface area contributed by atoms with E-state index in [2.05, 4.69) is 17.2 Å². The summed E-state index contributed by atoms with van der Waals surface area (Å²) in [5, 5.41) is 22.0. The number of aliphatic hydroxyl groups excluding tert-OH is 1. The number of nitrogens with zero attached hydrogens (tertiary/aromatic N) is 1. The molecule has 0 bridgehead atoms. The summed E-state index contributed by atoms with van der Waals surface area (Å²) in [6.07, 6.45) is 3.76.